The van der Waals surface area contributed by atoms with Crippen LogP contribution in [0.2, 0.25) is 0 Å². The fourth-order valence-corrected chi connectivity index (χ4v) is 3.25. The maximum Gasteiger partial charge on any atom is 0.324 e. The van der Waals surface area contributed by atoms with E-state index in [2.05, 4.69) is 30.0 Å². The number of unbranched alkanes of at least 4 members (excludes halogenated alkanes) is 1. The summed E-state index contributed by atoms with van der Waals surface area (Å²) in [7, 11) is 0. The molecule has 0 spiro atoms. The largest absolute Gasteiger partial charge is 0.324 e. The number of amides is 2. The normalized spacial score (nSPS) is 18.9. The summed E-state index contributed by atoms with van der Waals surface area (Å²) in [6.45, 7) is 7.98. The Balaban J connectivity index is 1.58. The minimum Gasteiger partial charge on any atom is -0.322 e. The average molecular weight is 287 g/mol. The van der Waals surface area contributed by atoms with Crippen molar-refractivity contribution in [1.82, 2.24) is 9.80 Å². The Morgan fingerprint density at radius 3 is 2.62 bits per heavy atom. The topological polar surface area (TPSA) is 26.8 Å². The summed E-state index contributed by atoms with van der Waals surface area (Å²) >= 11 is 0. The molecule has 1 aromatic carbocycles. The molecule has 0 N–H and O–H groups in total. The zero-order chi connectivity index (χ0) is 14.7. The molecular formula is C17H25N3O. The van der Waals surface area contributed by atoms with E-state index in [1.54, 1.807) is 0 Å². The molecule has 0 unspecified atom stereocenters. The Morgan fingerprint density at radius 2 is 1.86 bits per heavy atom. The van der Waals surface area contributed by atoms with Gasteiger partial charge in [0.1, 0.15) is 0 Å². The number of piperazine rings is 1. The molecule has 0 atom stereocenters. The summed E-state index contributed by atoms with van der Waals surface area (Å²) in [5.74, 6) is 0. The van der Waals surface area contributed by atoms with Crippen molar-refractivity contribution in [2.45, 2.75) is 26.2 Å². The second kappa shape index (κ2) is 6.48. The predicted molar refractivity (Wildman–Crippen MR) is 85.8 cm³/mol. The molecule has 0 saturated carbocycles. The predicted octanol–water partition coefficient (Wildman–Crippen LogP) is 2.59. The third-order valence-electron chi connectivity index (χ3n) is 4.59. The van der Waals surface area contributed by atoms with E-state index >= 15 is 0 Å². The van der Waals surface area contributed by atoms with E-state index in [1.807, 2.05) is 15.9 Å². The van der Waals surface area contributed by atoms with Gasteiger partial charge in [0.25, 0.3) is 0 Å². The van der Waals surface area contributed by atoms with Gasteiger partial charge < -0.3 is 4.90 Å². The standard InChI is InChI=1S/C17H25N3O/c1-2-3-9-18-11-13-19(14-12-18)17(21)20-10-8-15-6-4-5-7-16(15)20/h4-7H,2-3,8-14H2,1H3. The molecule has 1 saturated heterocycles. The summed E-state index contributed by atoms with van der Waals surface area (Å²) in [6, 6.07) is 8.46. The van der Waals surface area contributed by atoms with Gasteiger partial charge in [-0.1, -0.05) is 31.5 Å². The molecule has 114 valence electrons. The molecule has 0 aliphatic carbocycles. The Kier molecular flexibility index (Phi) is 4.44. The first-order chi connectivity index (χ1) is 10.3. The van der Waals surface area contributed by atoms with Crippen LogP contribution >= 0.6 is 0 Å². The Bertz CT molecular complexity index is 495. The number of carbonyl (C=O) groups is 1. The van der Waals surface area contributed by atoms with Crippen molar-refractivity contribution in [3.8, 4) is 0 Å². The zero-order valence-electron chi connectivity index (χ0n) is 12.9. The second-order valence-corrected chi connectivity index (χ2v) is 6.00. The molecule has 1 aromatic rings. The summed E-state index contributed by atoms with van der Waals surface area (Å²) in [6.07, 6.45) is 3.48. The van der Waals surface area contributed by atoms with Crippen LogP contribution in [0.5, 0.6) is 0 Å². The highest BCUT2D eigenvalue weighted by Gasteiger charge is 2.29. The van der Waals surface area contributed by atoms with Gasteiger partial charge in [-0.3, -0.25) is 9.80 Å². The van der Waals surface area contributed by atoms with E-state index < -0.39 is 0 Å². The van der Waals surface area contributed by atoms with E-state index in [9.17, 15) is 4.79 Å². The van der Waals surface area contributed by atoms with E-state index in [4.69, 9.17) is 0 Å². The van der Waals surface area contributed by atoms with Crippen LogP contribution in [0.1, 0.15) is 25.3 Å². The highest BCUT2D eigenvalue weighted by atomic mass is 16.2. The minimum absolute atomic E-state index is 0.190. The SMILES string of the molecule is CCCCN1CCN(C(=O)N2CCc3ccccc32)CC1. The van der Waals surface area contributed by atoms with Gasteiger partial charge in [0.05, 0.1) is 0 Å². The highest BCUT2D eigenvalue weighted by Crippen LogP contribution is 2.28. The molecule has 1 fully saturated rings. The molecule has 0 aromatic heterocycles. The van der Waals surface area contributed by atoms with E-state index in [-0.39, 0.29) is 6.03 Å². The van der Waals surface area contributed by atoms with Gasteiger partial charge in [0.2, 0.25) is 0 Å². The van der Waals surface area contributed by atoms with Crippen molar-refractivity contribution in [2.24, 2.45) is 0 Å². The summed E-state index contributed by atoms with van der Waals surface area (Å²) in [5.41, 5.74) is 2.41. The molecule has 3 rings (SSSR count). The fraction of sp³-hybridized carbons (Fsp3) is 0.588. The first kappa shape index (κ1) is 14.4. The number of benzene rings is 1. The maximum atomic E-state index is 12.7. The van der Waals surface area contributed by atoms with Crippen LogP contribution < -0.4 is 4.90 Å². The lowest BCUT2D eigenvalue weighted by atomic mass is 10.2. The summed E-state index contributed by atoms with van der Waals surface area (Å²) in [5, 5.41) is 0. The van der Waals surface area contributed by atoms with Gasteiger partial charge in [-0.25, -0.2) is 4.79 Å². The molecule has 21 heavy (non-hydrogen) atoms. The quantitative estimate of drug-likeness (QED) is 0.854. The Hall–Kier alpha value is -1.55. The first-order valence-electron chi connectivity index (χ1n) is 8.16. The van der Waals surface area contributed by atoms with Crippen molar-refractivity contribution >= 4 is 11.7 Å². The van der Waals surface area contributed by atoms with Crippen LogP contribution in [0, 0.1) is 0 Å². The van der Waals surface area contributed by atoms with Crippen molar-refractivity contribution in [2.75, 3.05) is 44.2 Å². The van der Waals surface area contributed by atoms with E-state index in [0.717, 1.165) is 44.8 Å². The summed E-state index contributed by atoms with van der Waals surface area (Å²) in [4.78, 5) is 19.2. The smallest absolute Gasteiger partial charge is 0.322 e. The monoisotopic (exact) mass is 287 g/mol. The third-order valence-corrected chi connectivity index (χ3v) is 4.59. The number of fused-ring (bicyclic) bond motifs is 1. The zero-order valence-corrected chi connectivity index (χ0v) is 12.9. The second-order valence-electron chi connectivity index (χ2n) is 6.00. The van der Waals surface area contributed by atoms with Crippen LogP contribution in [0.3, 0.4) is 0 Å². The molecule has 2 heterocycles. The molecule has 0 bridgehead atoms. The van der Waals surface area contributed by atoms with Gasteiger partial charge >= 0.3 is 6.03 Å². The number of carbonyl (C=O) groups excluding carboxylic acids is 1. The fourth-order valence-electron chi connectivity index (χ4n) is 3.25. The Labute approximate surface area is 127 Å². The van der Waals surface area contributed by atoms with Crippen molar-refractivity contribution in [3.05, 3.63) is 29.8 Å². The van der Waals surface area contributed by atoms with Crippen molar-refractivity contribution < 1.29 is 4.79 Å². The number of para-hydroxylation sites is 1. The lowest BCUT2D eigenvalue weighted by Gasteiger charge is -2.36. The number of nitrogens with zero attached hydrogens (tertiary/aromatic N) is 3. The molecule has 2 amide bonds. The minimum atomic E-state index is 0.190. The van der Waals surface area contributed by atoms with Gasteiger partial charge in [-0.05, 0) is 31.0 Å². The first-order valence-corrected chi connectivity index (χ1v) is 8.16. The Morgan fingerprint density at radius 1 is 1.10 bits per heavy atom. The third kappa shape index (κ3) is 3.05. The highest BCUT2D eigenvalue weighted by molar-refractivity contribution is 5.94. The molecule has 4 heteroatoms. The lowest BCUT2D eigenvalue weighted by molar-refractivity contribution is 0.142. The number of hydrogen-bond acceptors (Lipinski definition) is 2. The van der Waals surface area contributed by atoms with Crippen LogP contribution in [0.25, 0.3) is 0 Å². The summed E-state index contributed by atoms with van der Waals surface area (Å²) < 4.78 is 0. The van der Waals surface area contributed by atoms with Crippen LogP contribution in [-0.2, 0) is 6.42 Å². The van der Waals surface area contributed by atoms with Gasteiger partial charge in [-0.2, -0.15) is 0 Å². The van der Waals surface area contributed by atoms with Crippen molar-refractivity contribution in [1.29, 1.82) is 0 Å². The van der Waals surface area contributed by atoms with Crippen LogP contribution in [0.4, 0.5) is 10.5 Å². The number of hydrogen-bond donors (Lipinski definition) is 0. The molecule has 0 radical (unpaired) electrons. The molecule has 2 aliphatic heterocycles. The van der Waals surface area contributed by atoms with Crippen LogP contribution in [-0.4, -0.2) is 55.1 Å². The van der Waals surface area contributed by atoms with E-state index in [1.165, 1.54) is 24.9 Å². The maximum absolute atomic E-state index is 12.7. The molecule has 2 aliphatic rings. The van der Waals surface area contributed by atoms with Crippen molar-refractivity contribution in [3.63, 3.8) is 0 Å². The van der Waals surface area contributed by atoms with Gasteiger partial charge in [0.15, 0.2) is 0 Å². The van der Waals surface area contributed by atoms with Gasteiger partial charge in [0, 0.05) is 38.4 Å². The molecular weight excluding hydrogens is 262 g/mol. The number of rotatable bonds is 3. The number of urea groups is 1. The number of anilines is 1. The molecule has 4 nitrogen and oxygen atoms in total. The average Bonchev–Trinajstić information content (AvgIpc) is 2.97. The van der Waals surface area contributed by atoms with Crippen LogP contribution in [0.15, 0.2) is 24.3 Å². The van der Waals surface area contributed by atoms with E-state index in [0.29, 0.717) is 0 Å². The lowest BCUT2D eigenvalue weighted by Crippen LogP contribution is -2.52. The van der Waals surface area contributed by atoms with Gasteiger partial charge in [-0.15, -0.1) is 0 Å².